The van der Waals surface area contributed by atoms with Crippen molar-refractivity contribution in [3.8, 4) is 0 Å². The fraction of sp³-hybridized carbons (Fsp3) is 0.241. The lowest BCUT2D eigenvalue weighted by Gasteiger charge is -2.40. The number of carboxylic acids is 1. The van der Waals surface area contributed by atoms with E-state index in [0.29, 0.717) is 41.3 Å². The quantitative estimate of drug-likeness (QED) is 0.343. The van der Waals surface area contributed by atoms with E-state index in [1.807, 2.05) is 30.3 Å². The summed E-state index contributed by atoms with van der Waals surface area (Å²) in [5.74, 6) is -1.74. The van der Waals surface area contributed by atoms with E-state index >= 15 is 0 Å². The molecule has 10 nitrogen and oxygen atoms in total. The fourth-order valence-electron chi connectivity index (χ4n) is 5.04. The number of benzene rings is 3. The van der Waals surface area contributed by atoms with Crippen LogP contribution in [0.3, 0.4) is 0 Å². The zero-order valence-electron chi connectivity index (χ0n) is 21.4. The molecule has 40 heavy (non-hydrogen) atoms. The predicted molar refractivity (Wildman–Crippen MR) is 147 cm³/mol. The minimum atomic E-state index is -1.13. The second-order valence-electron chi connectivity index (χ2n) is 9.70. The van der Waals surface area contributed by atoms with Gasteiger partial charge in [0.05, 0.1) is 11.3 Å². The lowest BCUT2D eigenvalue weighted by atomic mass is 9.89. The molecule has 11 heteroatoms. The standard InChI is InChI=1S/C29H27ClN4O6/c30-21-9-10-24-22(15-21)29(11-12-31-17-29)40-28(39)34(24)25(35)23(14-18-5-2-1-3-6-18)33-27(38)32-16-19-7-4-8-20(13-19)26(36)37/h1-10,13,15,23,31H,11-12,14,16-17H2,(H,36,37)(H2,32,33,38)/t23-,29?/m0/s1. The van der Waals surface area contributed by atoms with E-state index in [1.165, 1.54) is 12.1 Å². The van der Waals surface area contributed by atoms with Crippen LogP contribution in [0.25, 0.3) is 0 Å². The summed E-state index contributed by atoms with van der Waals surface area (Å²) in [6, 6.07) is 18.4. The molecule has 0 aromatic heterocycles. The van der Waals surface area contributed by atoms with Crippen LogP contribution in [0.1, 0.15) is 33.5 Å². The fourth-order valence-corrected chi connectivity index (χ4v) is 5.21. The molecule has 1 fully saturated rings. The van der Waals surface area contributed by atoms with Crippen LogP contribution in [0, 0.1) is 0 Å². The number of anilines is 1. The highest BCUT2D eigenvalue weighted by Gasteiger charge is 2.49. The van der Waals surface area contributed by atoms with Gasteiger partial charge < -0.3 is 25.8 Å². The number of amides is 4. The van der Waals surface area contributed by atoms with Crippen LogP contribution < -0.4 is 20.9 Å². The van der Waals surface area contributed by atoms with Crippen LogP contribution in [0.5, 0.6) is 0 Å². The molecule has 0 saturated carbocycles. The largest absolute Gasteiger partial charge is 0.478 e. The SMILES string of the molecule is O=C(NCc1cccc(C(=O)O)c1)N[C@@H](Cc1ccccc1)C(=O)N1C(=O)OC2(CCNC2)c2cc(Cl)ccc21. The van der Waals surface area contributed by atoms with Crippen molar-refractivity contribution in [3.63, 3.8) is 0 Å². The van der Waals surface area contributed by atoms with Gasteiger partial charge in [-0.15, -0.1) is 0 Å². The van der Waals surface area contributed by atoms with Crippen molar-refractivity contribution in [2.24, 2.45) is 0 Å². The van der Waals surface area contributed by atoms with E-state index in [0.717, 1.165) is 10.5 Å². The minimum absolute atomic E-state index is 0.0296. The first kappa shape index (κ1) is 27.2. The molecule has 1 unspecified atom stereocenters. The van der Waals surface area contributed by atoms with Crippen molar-refractivity contribution in [2.75, 3.05) is 18.0 Å². The highest BCUT2D eigenvalue weighted by atomic mass is 35.5. The molecule has 1 saturated heterocycles. The number of imide groups is 1. The van der Waals surface area contributed by atoms with Crippen LogP contribution in [0.15, 0.2) is 72.8 Å². The van der Waals surface area contributed by atoms with Crippen molar-refractivity contribution < 1.29 is 29.0 Å². The van der Waals surface area contributed by atoms with Gasteiger partial charge in [-0.3, -0.25) is 4.79 Å². The molecule has 0 bridgehead atoms. The number of nitrogens with one attached hydrogen (secondary N) is 3. The summed E-state index contributed by atoms with van der Waals surface area (Å²) in [6.07, 6.45) is -0.180. The molecule has 206 valence electrons. The topological polar surface area (TPSA) is 137 Å². The minimum Gasteiger partial charge on any atom is -0.478 e. The van der Waals surface area contributed by atoms with E-state index in [4.69, 9.17) is 16.3 Å². The predicted octanol–water partition coefficient (Wildman–Crippen LogP) is 3.82. The monoisotopic (exact) mass is 562 g/mol. The summed E-state index contributed by atoms with van der Waals surface area (Å²) in [6.45, 7) is 1.06. The molecule has 0 aliphatic carbocycles. The number of urea groups is 1. The molecule has 1 spiro atoms. The van der Waals surface area contributed by atoms with Gasteiger partial charge in [0.1, 0.15) is 6.04 Å². The van der Waals surface area contributed by atoms with Crippen LogP contribution in [0.2, 0.25) is 5.02 Å². The Hall–Kier alpha value is -4.41. The molecular weight excluding hydrogens is 536 g/mol. The first-order chi connectivity index (χ1) is 19.3. The number of halogens is 1. The van der Waals surface area contributed by atoms with Crippen LogP contribution in [-0.2, 0) is 28.1 Å². The Morgan fingerprint density at radius 3 is 2.55 bits per heavy atom. The number of rotatable bonds is 7. The second-order valence-corrected chi connectivity index (χ2v) is 10.1. The zero-order chi connectivity index (χ0) is 28.3. The van der Waals surface area contributed by atoms with E-state index in [2.05, 4.69) is 16.0 Å². The van der Waals surface area contributed by atoms with Gasteiger partial charge in [0.15, 0.2) is 5.60 Å². The summed E-state index contributed by atoms with van der Waals surface area (Å²) in [5, 5.41) is 18.2. The van der Waals surface area contributed by atoms with Crippen molar-refractivity contribution in [1.82, 2.24) is 16.0 Å². The second kappa shape index (κ2) is 11.4. The summed E-state index contributed by atoms with van der Waals surface area (Å²) in [5.41, 5.74) is 1.49. The average Bonchev–Trinajstić information content (AvgIpc) is 3.41. The average molecular weight is 563 g/mol. The number of carbonyl (C=O) groups is 4. The Kier molecular flexibility index (Phi) is 7.72. The Morgan fingerprint density at radius 2 is 1.82 bits per heavy atom. The third-order valence-corrected chi connectivity index (χ3v) is 7.24. The summed E-state index contributed by atoms with van der Waals surface area (Å²) < 4.78 is 5.86. The van der Waals surface area contributed by atoms with Crippen LogP contribution in [0.4, 0.5) is 15.3 Å². The number of fused-ring (bicyclic) bond motifs is 2. The summed E-state index contributed by atoms with van der Waals surface area (Å²) >= 11 is 6.29. The Labute approximate surface area is 235 Å². The number of carbonyl (C=O) groups excluding carboxylic acids is 3. The van der Waals surface area contributed by atoms with Gasteiger partial charge in [0, 0.05) is 36.5 Å². The van der Waals surface area contributed by atoms with Crippen LogP contribution in [-0.4, -0.2) is 48.2 Å². The number of ether oxygens (including phenoxy) is 1. The molecule has 3 aromatic rings. The Bertz CT molecular complexity index is 1460. The van der Waals surface area contributed by atoms with E-state index < -0.39 is 35.6 Å². The van der Waals surface area contributed by atoms with Crippen molar-refractivity contribution >= 4 is 41.3 Å². The number of hydrogen-bond donors (Lipinski definition) is 4. The number of aromatic carboxylic acids is 1. The van der Waals surface area contributed by atoms with E-state index in [-0.39, 0.29) is 18.5 Å². The highest BCUT2D eigenvalue weighted by molar-refractivity contribution is 6.31. The molecular formula is C29H27ClN4O6. The number of hydrogen-bond acceptors (Lipinski definition) is 6. The van der Waals surface area contributed by atoms with Gasteiger partial charge in [-0.05, 0) is 48.0 Å². The van der Waals surface area contributed by atoms with Gasteiger partial charge in [-0.25, -0.2) is 19.3 Å². The maximum atomic E-state index is 14.0. The van der Waals surface area contributed by atoms with E-state index in [9.17, 15) is 24.3 Å². The molecule has 2 aliphatic heterocycles. The normalized spacial score (nSPS) is 18.5. The van der Waals surface area contributed by atoms with Gasteiger partial charge in [0.25, 0.3) is 5.91 Å². The lowest BCUT2D eigenvalue weighted by Crippen LogP contribution is -2.57. The molecule has 4 N–H and O–H groups in total. The highest BCUT2D eigenvalue weighted by Crippen LogP contribution is 2.44. The first-order valence-corrected chi connectivity index (χ1v) is 13.1. The van der Waals surface area contributed by atoms with Gasteiger partial charge >= 0.3 is 18.1 Å². The molecule has 2 atom stereocenters. The summed E-state index contributed by atoms with van der Waals surface area (Å²) in [7, 11) is 0. The van der Waals surface area contributed by atoms with Crippen molar-refractivity contribution in [1.29, 1.82) is 0 Å². The Morgan fingerprint density at radius 1 is 1.05 bits per heavy atom. The Balaban J connectivity index is 1.40. The maximum Gasteiger partial charge on any atom is 0.422 e. The molecule has 2 aliphatic rings. The smallest absolute Gasteiger partial charge is 0.422 e. The third kappa shape index (κ3) is 5.63. The van der Waals surface area contributed by atoms with Crippen molar-refractivity contribution in [2.45, 2.75) is 31.0 Å². The summed E-state index contributed by atoms with van der Waals surface area (Å²) in [4.78, 5) is 52.5. The number of carboxylic acid groups (broad SMARTS) is 1. The zero-order valence-corrected chi connectivity index (χ0v) is 22.1. The van der Waals surface area contributed by atoms with Gasteiger partial charge in [0.2, 0.25) is 0 Å². The van der Waals surface area contributed by atoms with Gasteiger partial charge in [-0.2, -0.15) is 0 Å². The van der Waals surface area contributed by atoms with Crippen LogP contribution >= 0.6 is 11.6 Å². The molecule has 2 heterocycles. The van der Waals surface area contributed by atoms with E-state index in [1.54, 1.807) is 30.3 Å². The molecule has 4 amide bonds. The van der Waals surface area contributed by atoms with Gasteiger partial charge in [-0.1, -0.05) is 54.1 Å². The molecule has 3 aromatic carbocycles. The molecule has 0 radical (unpaired) electrons. The van der Waals surface area contributed by atoms with Crippen molar-refractivity contribution in [3.05, 3.63) is 100 Å². The lowest BCUT2D eigenvalue weighted by molar-refractivity contribution is -0.120. The molecule has 5 rings (SSSR count). The third-order valence-electron chi connectivity index (χ3n) is 7.01. The maximum absolute atomic E-state index is 14.0. The first-order valence-electron chi connectivity index (χ1n) is 12.7. The number of nitrogens with zero attached hydrogens (tertiary/aromatic N) is 1.